The van der Waals surface area contributed by atoms with Gasteiger partial charge in [-0.2, -0.15) is 0 Å². The smallest absolute Gasteiger partial charge is 0.335 e. The molecule has 0 atom stereocenters. The molecule has 0 saturated carbocycles. The van der Waals surface area contributed by atoms with Gasteiger partial charge in [0.1, 0.15) is 0 Å². The van der Waals surface area contributed by atoms with Gasteiger partial charge in [-0.15, -0.1) is 11.8 Å². The molecule has 1 N–H and O–H groups in total. The molecule has 4 heteroatoms. The van der Waals surface area contributed by atoms with Crippen LogP contribution >= 0.6 is 11.8 Å². The van der Waals surface area contributed by atoms with Crippen LogP contribution < -0.4 is 0 Å². The van der Waals surface area contributed by atoms with Gasteiger partial charge in [-0.1, -0.05) is 51.1 Å². The topological polar surface area (TPSA) is 50.2 Å². The van der Waals surface area contributed by atoms with Crippen LogP contribution in [0.3, 0.4) is 0 Å². The van der Waals surface area contributed by atoms with E-state index in [1.165, 1.54) is 5.56 Å². The third-order valence-corrected chi connectivity index (χ3v) is 4.03. The zero-order chi connectivity index (χ0) is 15.5. The number of carbonyl (C=O) groups is 1. The molecule has 1 aromatic carbocycles. The van der Waals surface area contributed by atoms with Crippen LogP contribution in [0.4, 0.5) is 0 Å². The van der Waals surface area contributed by atoms with Crippen LogP contribution in [-0.2, 0) is 11.2 Å². The van der Waals surface area contributed by atoms with E-state index in [1.54, 1.807) is 23.9 Å². The highest BCUT2D eigenvalue weighted by molar-refractivity contribution is 7.98. The zero-order valence-electron chi connectivity index (χ0n) is 12.5. The Bertz CT molecular complexity index is 633. The molecule has 1 aromatic heterocycles. The van der Waals surface area contributed by atoms with E-state index in [2.05, 4.69) is 17.1 Å². The Morgan fingerprint density at radius 1 is 1.19 bits per heavy atom. The van der Waals surface area contributed by atoms with Crippen molar-refractivity contribution in [3.05, 3.63) is 59.3 Å². The summed E-state index contributed by atoms with van der Waals surface area (Å²) in [5.41, 5.74) is 2.12. The molecule has 2 rings (SSSR count). The van der Waals surface area contributed by atoms with Crippen molar-refractivity contribution in [2.45, 2.75) is 37.0 Å². The number of carboxylic acid groups (broad SMARTS) is 1. The van der Waals surface area contributed by atoms with Gasteiger partial charge >= 0.3 is 5.97 Å². The second-order valence-electron chi connectivity index (χ2n) is 5.91. The summed E-state index contributed by atoms with van der Waals surface area (Å²) >= 11 is 1.56. The maximum Gasteiger partial charge on any atom is 0.335 e. The number of pyridine rings is 1. The van der Waals surface area contributed by atoms with Crippen LogP contribution in [0.1, 0.15) is 42.4 Å². The molecule has 21 heavy (non-hydrogen) atoms. The van der Waals surface area contributed by atoms with Crippen LogP contribution in [0.2, 0.25) is 0 Å². The first-order valence-corrected chi connectivity index (χ1v) is 7.77. The average molecular weight is 301 g/mol. The molecule has 0 bridgehead atoms. The van der Waals surface area contributed by atoms with Gasteiger partial charge < -0.3 is 5.11 Å². The van der Waals surface area contributed by atoms with Crippen molar-refractivity contribution in [2.24, 2.45) is 0 Å². The van der Waals surface area contributed by atoms with Crippen molar-refractivity contribution in [2.75, 3.05) is 0 Å². The molecule has 0 radical (unpaired) electrons. The van der Waals surface area contributed by atoms with E-state index in [1.807, 2.05) is 39.0 Å². The Balaban J connectivity index is 2.26. The summed E-state index contributed by atoms with van der Waals surface area (Å²) in [4.78, 5) is 15.9. The van der Waals surface area contributed by atoms with Crippen LogP contribution in [-0.4, -0.2) is 16.1 Å². The van der Waals surface area contributed by atoms with E-state index in [0.29, 0.717) is 5.56 Å². The molecule has 0 unspecified atom stereocenters. The zero-order valence-corrected chi connectivity index (χ0v) is 13.3. The summed E-state index contributed by atoms with van der Waals surface area (Å²) in [6.45, 7) is 6.10. The number of nitrogens with zero attached hydrogens (tertiary/aromatic N) is 1. The number of hydrogen-bond donors (Lipinski definition) is 1. The van der Waals surface area contributed by atoms with Gasteiger partial charge in [0.15, 0.2) is 0 Å². The summed E-state index contributed by atoms with van der Waals surface area (Å²) in [6.07, 6.45) is 0. The summed E-state index contributed by atoms with van der Waals surface area (Å²) in [5.74, 6) is -0.134. The first kappa shape index (κ1) is 15.6. The van der Waals surface area contributed by atoms with Gasteiger partial charge in [0, 0.05) is 16.9 Å². The Labute approximate surface area is 129 Å². The highest BCUT2D eigenvalue weighted by Crippen LogP contribution is 2.27. The van der Waals surface area contributed by atoms with Crippen molar-refractivity contribution >= 4 is 17.7 Å². The summed E-state index contributed by atoms with van der Waals surface area (Å²) in [7, 11) is 0. The fraction of sp³-hybridized carbons (Fsp3) is 0.294. The number of rotatable bonds is 4. The van der Waals surface area contributed by atoms with Crippen molar-refractivity contribution in [1.29, 1.82) is 0 Å². The second-order valence-corrected chi connectivity index (χ2v) is 6.90. The highest BCUT2D eigenvalue weighted by Gasteiger charge is 2.19. The lowest BCUT2D eigenvalue weighted by atomic mass is 9.91. The Morgan fingerprint density at radius 3 is 2.43 bits per heavy atom. The van der Waals surface area contributed by atoms with Crippen molar-refractivity contribution in [3.63, 3.8) is 0 Å². The molecule has 1 heterocycles. The maximum atomic E-state index is 11.3. The van der Waals surface area contributed by atoms with E-state index < -0.39 is 5.97 Å². The normalized spacial score (nSPS) is 11.4. The van der Waals surface area contributed by atoms with Gasteiger partial charge in [0.2, 0.25) is 0 Å². The first-order chi connectivity index (χ1) is 9.86. The minimum Gasteiger partial charge on any atom is -0.478 e. The van der Waals surface area contributed by atoms with Crippen LogP contribution in [0.15, 0.2) is 47.5 Å². The standard InChI is InChI=1S/C17H19NO2S/c1-17(2,3)14-9-13(16(19)20)10-15(18-14)21-11-12-7-5-4-6-8-12/h4-10H,11H2,1-3H3,(H,19,20). The van der Waals surface area contributed by atoms with E-state index >= 15 is 0 Å². The maximum absolute atomic E-state index is 11.3. The number of aromatic nitrogens is 1. The van der Waals surface area contributed by atoms with Crippen molar-refractivity contribution in [3.8, 4) is 0 Å². The lowest BCUT2D eigenvalue weighted by Crippen LogP contribution is -2.15. The second kappa shape index (κ2) is 6.31. The fourth-order valence-electron chi connectivity index (χ4n) is 1.82. The van der Waals surface area contributed by atoms with Gasteiger partial charge in [0.25, 0.3) is 0 Å². The van der Waals surface area contributed by atoms with Crippen LogP contribution in [0.5, 0.6) is 0 Å². The third kappa shape index (κ3) is 4.33. The molecule has 0 fully saturated rings. The van der Waals surface area contributed by atoms with Gasteiger partial charge in [0.05, 0.1) is 10.6 Å². The number of thioether (sulfide) groups is 1. The third-order valence-electron chi connectivity index (χ3n) is 3.05. The van der Waals surface area contributed by atoms with Crippen LogP contribution in [0, 0.1) is 0 Å². The lowest BCUT2D eigenvalue weighted by Gasteiger charge is -2.19. The SMILES string of the molecule is CC(C)(C)c1cc(C(=O)O)cc(SCc2ccccc2)n1. The van der Waals surface area contributed by atoms with Gasteiger partial charge in [-0.05, 0) is 17.7 Å². The number of aromatic carboxylic acids is 1. The Hall–Kier alpha value is -1.81. The van der Waals surface area contributed by atoms with E-state index in [4.69, 9.17) is 0 Å². The lowest BCUT2D eigenvalue weighted by molar-refractivity contribution is 0.0696. The molecule has 0 spiro atoms. The summed E-state index contributed by atoms with van der Waals surface area (Å²) in [6, 6.07) is 13.4. The van der Waals surface area contributed by atoms with E-state index in [-0.39, 0.29) is 5.41 Å². The molecule has 0 aliphatic rings. The van der Waals surface area contributed by atoms with Crippen molar-refractivity contribution in [1.82, 2.24) is 4.98 Å². The van der Waals surface area contributed by atoms with Gasteiger partial charge in [-0.25, -0.2) is 9.78 Å². The summed E-state index contributed by atoms with van der Waals surface area (Å²) in [5, 5.41) is 10.0. The Kier molecular flexibility index (Phi) is 4.68. The predicted molar refractivity (Wildman–Crippen MR) is 85.9 cm³/mol. The molecule has 0 aliphatic heterocycles. The molecule has 0 aliphatic carbocycles. The molecular formula is C17H19NO2S. The van der Waals surface area contributed by atoms with E-state index in [9.17, 15) is 9.90 Å². The summed E-state index contributed by atoms with van der Waals surface area (Å²) < 4.78 is 0. The molecule has 3 nitrogen and oxygen atoms in total. The number of carboxylic acids is 1. The minimum absolute atomic E-state index is 0.173. The highest BCUT2D eigenvalue weighted by atomic mass is 32.2. The average Bonchev–Trinajstić information content (AvgIpc) is 2.45. The predicted octanol–water partition coefficient (Wildman–Crippen LogP) is 4.37. The van der Waals surface area contributed by atoms with Gasteiger partial charge in [-0.3, -0.25) is 0 Å². The number of hydrogen-bond acceptors (Lipinski definition) is 3. The van der Waals surface area contributed by atoms with Crippen molar-refractivity contribution < 1.29 is 9.90 Å². The molecule has 0 amide bonds. The minimum atomic E-state index is -0.913. The molecule has 0 saturated heterocycles. The Morgan fingerprint density at radius 2 is 1.86 bits per heavy atom. The van der Waals surface area contributed by atoms with E-state index in [0.717, 1.165) is 16.5 Å². The number of benzene rings is 1. The first-order valence-electron chi connectivity index (χ1n) is 6.79. The van der Waals surface area contributed by atoms with Crippen LogP contribution in [0.25, 0.3) is 0 Å². The molecule has 110 valence electrons. The fourth-order valence-corrected chi connectivity index (χ4v) is 2.70. The molecule has 2 aromatic rings. The molecular weight excluding hydrogens is 282 g/mol. The quantitative estimate of drug-likeness (QED) is 0.852. The monoisotopic (exact) mass is 301 g/mol. The largest absolute Gasteiger partial charge is 0.478 e.